The minimum absolute atomic E-state index is 0.315. The zero-order valence-corrected chi connectivity index (χ0v) is 11.8. The fourth-order valence-electron chi connectivity index (χ4n) is 1.57. The first-order valence-corrected chi connectivity index (χ1v) is 6.52. The highest BCUT2D eigenvalue weighted by atomic mass is 35.5. The van der Waals surface area contributed by atoms with Crippen LogP contribution in [0.3, 0.4) is 0 Å². The van der Waals surface area contributed by atoms with Crippen LogP contribution in [0.15, 0.2) is 36.7 Å². The van der Waals surface area contributed by atoms with Crippen molar-refractivity contribution in [1.29, 1.82) is 0 Å². The van der Waals surface area contributed by atoms with Crippen molar-refractivity contribution in [3.8, 4) is 5.75 Å². The first-order valence-electron chi connectivity index (χ1n) is 5.76. The van der Waals surface area contributed by atoms with Crippen LogP contribution in [0.2, 0.25) is 10.0 Å². The number of nitrogens with zero attached hydrogens (tertiary/aromatic N) is 1. The maximum Gasteiger partial charge on any atom is 0.138 e. The molecule has 3 nitrogen and oxygen atoms in total. The van der Waals surface area contributed by atoms with Crippen LogP contribution in [0.4, 0.5) is 0 Å². The topological polar surface area (TPSA) is 42.4 Å². The molecule has 0 fully saturated rings. The summed E-state index contributed by atoms with van der Waals surface area (Å²) in [5.41, 5.74) is 1.59. The molecule has 19 heavy (non-hydrogen) atoms. The van der Waals surface area contributed by atoms with Crippen molar-refractivity contribution in [1.82, 2.24) is 4.98 Å². The highest BCUT2D eigenvalue weighted by Crippen LogP contribution is 2.29. The lowest BCUT2D eigenvalue weighted by Crippen LogP contribution is -1.98. The van der Waals surface area contributed by atoms with Crippen molar-refractivity contribution >= 4 is 23.2 Å². The van der Waals surface area contributed by atoms with Gasteiger partial charge in [0.1, 0.15) is 12.4 Å². The standard InChI is InChI=1S/C14H13Cl2NO2/c1-9(18)10-2-3-14(12(15)6-10)19-8-11-4-5-17-7-13(11)16/h2-7,9,18H,8H2,1H3/t9-/m0/s1. The Bertz CT molecular complexity index is 573. The Morgan fingerprint density at radius 2 is 2.05 bits per heavy atom. The molecule has 0 bridgehead atoms. The van der Waals surface area contributed by atoms with Crippen molar-refractivity contribution < 1.29 is 9.84 Å². The molecule has 0 radical (unpaired) electrons. The molecule has 0 amide bonds. The molecule has 1 aromatic heterocycles. The van der Waals surface area contributed by atoms with E-state index in [1.807, 2.05) is 0 Å². The number of pyridine rings is 1. The van der Waals surface area contributed by atoms with Crippen LogP contribution in [0.5, 0.6) is 5.75 Å². The molecule has 5 heteroatoms. The van der Waals surface area contributed by atoms with Crippen molar-refractivity contribution in [2.24, 2.45) is 0 Å². The highest BCUT2D eigenvalue weighted by molar-refractivity contribution is 6.32. The smallest absolute Gasteiger partial charge is 0.138 e. The maximum atomic E-state index is 9.46. The van der Waals surface area contributed by atoms with E-state index < -0.39 is 6.10 Å². The molecule has 2 aromatic rings. The summed E-state index contributed by atoms with van der Waals surface area (Å²) in [6.07, 6.45) is 2.67. The fraction of sp³-hybridized carbons (Fsp3) is 0.214. The van der Waals surface area contributed by atoms with Gasteiger partial charge in [-0.05, 0) is 30.7 Å². The Hall–Kier alpha value is -1.29. The van der Waals surface area contributed by atoms with Gasteiger partial charge in [0.2, 0.25) is 0 Å². The molecule has 0 unspecified atom stereocenters. The molecule has 1 heterocycles. The highest BCUT2D eigenvalue weighted by Gasteiger charge is 2.07. The summed E-state index contributed by atoms with van der Waals surface area (Å²) in [7, 11) is 0. The van der Waals surface area contributed by atoms with Gasteiger partial charge in [-0.25, -0.2) is 0 Å². The third kappa shape index (κ3) is 3.60. The molecular formula is C14H13Cl2NO2. The fourth-order valence-corrected chi connectivity index (χ4v) is 1.99. The van der Waals surface area contributed by atoms with E-state index in [1.54, 1.807) is 43.6 Å². The van der Waals surface area contributed by atoms with Crippen LogP contribution in [-0.4, -0.2) is 10.1 Å². The molecule has 0 aliphatic carbocycles. The van der Waals surface area contributed by atoms with E-state index >= 15 is 0 Å². The SMILES string of the molecule is C[C@H](O)c1ccc(OCc2ccncc2Cl)c(Cl)c1. The quantitative estimate of drug-likeness (QED) is 0.927. The van der Waals surface area contributed by atoms with Gasteiger partial charge in [0.25, 0.3) is 0 Å². The minimum atomic E-state index is -0.554. The average Bonchev–Trinajstić information content (AvgIpc) is 2.39. The lowest BCUT2D eigenvalue weighted by atomic mass is 10.1. The van der Waals surface area contributed by atoms with Crippen molar-refractivity contribution in [2.45, 2.75) is 19.6 Å². The van der Waals surface area contributed by atoms with Gasteiger partial charge < -0.3 is 9.84 Å². The number of hydrogen-bond acceptors (Lipinski definition) is 3. The zero-order valence-electron chi connectivity index (χ0n) is 10.3. The average molecular weight is 298 g/mol. The van der Waals surface area contributed by atoms with Gasteiger partial charge in [0.15, 0.2) is 0 Å². The van der Waals surface area contributed by atoms with Gasteiger partial charge in [-0.1, -0.05) is 29.3 Å². The second-order valence-electron chi connectivity index (χ2n) is 4.12. The Morgan fingerprint density at radius 1 is 1.26 bits per heavy atom. The number of rotatable bonds is 4. The summed E-state index contributed by atoms with van der Waals surface area (Å²) < 4.78 is 5.61. The van der Waals surface area contributed by atoms with Crippen molar-refractivity contribution in [2.75, 3.05) is 0 Å². The lowest BCUT2D eigenvalue weighted by molar-refractivity contribution is 0.199. The Balaban J connectivity index is 2.10. The number of aliphatic hydroxyl groups is 1. The van der Waals surface area contributed by atoms with Crippen molar-refractivity contribution in [3.05, 3.63) is 57.8 Å². The summed E-state index contributed by atoms with van der Waals surface area (Å²) >= 11 is 12.1. The van der Waals surface area contributed by atoms with Gasteiger partial charge in [-0.15, -0.1) is 0 Å². The molecular weight excluding hydrogens is 285 g/mol. The van der Waals surface area contributed by atoms with Crippen LogP contribution in [0, 0.1) is 0 Å². The van der Waals surface area contributed by atoms with Gasteiger partial charge in [0.05, 0.1) is 16.1 Å². The van der Waals surface area contributed by atoms with Crippen LogP contribution in [0.25, 0.3) is 0 Å². The summed E-state index contributed by atoms with van der Waals surface area (Å²) in [5.74, 6) is 0.555. The predicted molar refractivity (Wildman–Crippen MR) is 75.7 cm³/mol. The number of ether oxygens (including phenoxy) is 1. The van der Waals surface area contributed by atoms with E-state index in [9.17, 15) is 5.11 Å². The third-order valence-corrected chi connectivity index (χ3v) is 3.31. The van der Waals surface area contributed by atoms with E-state index in [1.165, 1.54) is 0 Å². The predicted octanol–water partition coefficient (Wildman–Crippen LogP) is 4.02. The third-order valence-electron chi connectivity index (χ3n) is 2.68. The summed E-state index contributed by atoms with van der Waals surface area (Å²) in [6.45, 7) is 2.00. The lowest BCUT2D eigenvalue weighted by Gasteiger charge is -2.11. The van der Waals surface area contributed by atoms with Crippen LogP contribution in [0.1, 0.15) is 24.2 Å². The summed E-state index contributed by atoms with van der Waals surface area (Å²) in [4.78, 5) is 3.91. The van der Waals surface area contributed by atoms with Gasteiger partial charge in [0, 0.05) is 18.0 Å². The number of hydrogen-bond donors (Lipinski definition) is 1. The summed E-state index contributed by atoms with van der Waals surface area (Å²) in [6, 6.07) is 7.00. The molecule has 0 spiro atoms. The molecule has 0 aliphatic heterocycles. The first kappa shape index (κ1) is 14.1. The number of aliphatic hydroxyl groups excluding tert-OH is 1. The van der Waals surface area contributed by atoms with Crippen LogP contribution >= 0.6 is 23.2 Å². The van der Waals surface area contributed by atoms with Gasteiger partial charge in [-0.2, -0.15) is 0 Å². The Morgan fingerprint density at radius 3 is 2.68 bits per heavy atom. The molecule has 100 valence electrons. The second kappa shape index (κ2) is 6.24. The van der Waals surface area contributed by atoms with E-state index in [0.717, 1.165) is 11.1 Å². The van der Waals surface area contributed by atoms with E-state index in [4.69, 9.17) is 27.9 Å². The first-order chi connectivity index (χ1) is 9.08. The van der Waals surface area contributed by atoms with Crippen LogP contribution in [-0.2, 0) is 6.61 Å². The Kier molecular flexibility index (Phi) is 4.64. The minimum Gasteiger partial charge on any atom is -0.487 e. The van der Waals surface area contributed by atoms with E-state index in [0.29, 0.717) is 22.4 Å². The largest absolute Gasteiger partial charge is 0.487 e. The van der Waals surface area contributed by atoms with E-state index in [2.05, 4.69) is 4.98 Å². The summed E-state index contributed by atoms with van der Waals surface area (Å²) in [5, 5.41) is 10.5. The molecule has 2 rings (SSSR count). The molecule has 0 aliphatic rings. The van der Waals surface area contributed by atoms with E-state index in [-0.39, 0.29) is 0 Å². The van der Waals surface area contributed by atoms with Crippen LogP contribution < -0.4 is 4.74 Å². The molecule has 1 atom stereocenters. The molecule has 1 aromatic carbocycles. The normalized spacial score (nSPS) is 12.2. The molecule has 0 saturated carbocycles. The number of benzene rings is 1. The Labute approximate surface area is 121 Å². The second-order valence-corrected chi connectivity index (χ2v) is 4.94. The monoisotopic (exact) mass is 297 g/mol. The van der Waals surface area contributed by atoms with Crippen molar-refractivity contribution in [3.63, 3.8) is 0 Å². The maximum absolute atomic E-state index is 9.46. The van der Waals surface area contributed by atoms with Gasteiger partial charge >= 0.3 is 0 Å². The number of halogens is 2. The van der Waals surface area contributed by atoms with Gasteiger partial charge in [-0.3, -0.25) is 4.98 Å². The number of aromatic nitrogens is 1. The molecule has 0 saturated heterocycles. The zero-order chi connectivity index (χ0) is 13.8. The molecule has 1 N–H and O–H groups in total.